The average Bonchev–Trinajstić information content (AvgIpc) is 2.78. The molecule has 1 N–H and O–H groups in total. The average molecular weight is 275 g/mol. The Kier molecular flexibility index (Phi) is 4.12. The molecule has 0 spiro atoms. The van der Waals surface area contributed by atoms with Gasteiger partial charge in [-0.1, -0.05) is 26.0 Å². The molecule has 0 aliphatic carbocycles. The van der Waals surface area contributed by atoms with Crippen LogP contribution in [0.2, 0.25) is 0 Å². The van der Waals surface area contributed by atoms with Crippen LogP contribution in [0, 0.1) is 5.92 Å². The van der Waals surface area contributed by atoms with Gasteiger partial charge in [-0.3, -0.25) is 9.59 Å². The van der Waals surface area contributed by atoms with E-state index >= 15 is 0 Å². The highest BCUT2D eigenvalue weighted by Crippen LogP contribution is 2.34. The predicted octanol–water partition coefficient (Wildman–Crippen LogP) is 2.81. The molecular formula is C16H21NO3. The Labute approximate surface area is 119 Å². The molecule has 4 nitrogen and oxygen atoms in total. The SMILES string of the molecule is CC(=O)N1CCc2cc(C(CC(=O)O)C(C)C)ccc21. The van der Waals surface area contributed by atoms with Crippen LogP contribution in [0.1, 0.15) is 44.2 Å². The summed E-state index contributed by atoms with van der Waals surface area (Å²) in [4.78, 5) is 24.3. The molecule has 1 atom stereocenters. The highest BCUT2D eigenvalue weighted by atomic mass is 16.4. The fourth-order valence-corrected chi connectivity index (χ4v) is 2.91. The Balaban J connectivity index is 2.31. The Bertz CT molecular complexity index is 537. The van der Waals surface area contributed by atoms with Gasteiger partial charge in [0.2, 0.25) is 5.91 Å². The number of benzene rings is 1. The number of carbonyl (C=O) groups excluding carboxylic acids is 1. The molecule has 4 heteroatoms. The Hall–Kier alpha value is -1.84. The van der Waals surface area contributed by atoms with Crippen molar-refractivity contribution in [3.63, 3.8) is 0 Å². The van der Waals surface area contributed by atoms with E-state index in [2.05, 4.69) is 6.07 Å². The van der Waals surface area contributed by atoms with Crippen molar-refractivity contribution in [1.29, 1.82) is 0 Å². The third-order valence-corrected chi connectivity index (χ3v) is 4.01. The van der Waals surface area contributed by atoms with Gasteiger partial charge in [-0.15, -0.1) is 0 Å². The number of carboxylic acid groups (broad SMARTS) is 1. The van der Waals surface area contributed by atoms with Crippen LogP contribution in [-0.4, -0.2) is 23.5 Å². The van der Waals surface area contributed by atoms with E-state index in [1.165, 1.54) is 0 Å². The van der Waals surface area contributed by atoms with Crippen LogP contribution in [-0.2, 0) is 16.0 Å². The van der Waals surface area contributed by atoms with Gasteiger partial charge in [0.05, 0.1) is 6.42 Å². The summed E-state index contributed by atoms with van der Waals surface area (Å²) in [7, 11) is 0. The van der Waals surface area contributed by atoms with Gasteiger partial charge in [0, 0.05) is 19.2 Å². The summed E-state index contributed by atoms with van der Waals surface area (Å²) in [5.74, 6) is -0.421. The van der Waals surface area contributed by atoms with Crippen molar-refractivity contribution in [3.8, 4) is 0 Å². The first-order valence-corrected chi connectivity index (χ1v) is 7.03. The minimum Gasteiger partial charge on any atom is -0.481 e. The summed E-state index contributed by atoms with van der Waals surface area (Å²) in [6.07, 6.45) is 0.994. The van der Waals surface area contributed by atoms with Gasteiger partial charge < -0.3 is 10.0 Å². The molecule has 0 aromatic heterocycles. The smallest absolute Gasteiger partial charge is 0.303 e. The van der Waals surface area contributed by atoms with Crippen molar-refractivity contribution >= 4 is 17.6 Å². The molecule has 1 aromatic rings. The van der Waals surface area contributed by atoms with Gasteiger partial charge in [0.15, 0.2) is 0 Å². The molecule has 20 heavy (non-hydrogen) atoms. The van der Waals surface area contributed by atoms with Crippen molar-refractivity contribution in [2.45, 2.75) is 39.5 Å². The van der Waals surface area contributed by atoms with Gasteiger partial charge in [0.1, 0.15) is 0 Å². The van der Waals surface area contributed by atoms with E-state index in [1.54, 1.807) is 11.8 Å². The van der Waals surface area contributed by atoms with Crippen LogP contribution >= 0.6 is 0 Å². The number of rotatable bonds is 4. The van der Waals surface area contributed by atoms with Gasteiger partial charge in [-0.25, -0.2) is 0 Å². The highest BCUT2D eigenvalue weighted by molar-refractivity contribution is 5.93. The van der Waals surface area contributed by atoms with Crippen molar-refractivity contribution in [3.05, 3.63) is 29.3 Å². The summed E-state index contributed by atoms with van der Waals surface area (Å²) < 4.78 is 0. The minimum absolute atomic E-state index is 0.0178. The largest absolute Gasteiger partial charge is 0.481 e. The summed E-state index contributed by atoms with van der Waals surface area (Å²) in [5.41, 5.74) is 3.18. The fourth-order valence-electron chi connectivity index (χ4n) is 2.91. The van der Waals surface area contributed by atoms with E-state index in [-0.39, 0.29) is 24.2 Å². The Morgan fingerprint density at radius 1 is 1.35 bits per heavy atom. The second-order valence-corrected chi connectivity index (χ2v) is 5.76. The van der Waals surface area contributed by atoms with E-state index in [0.717, 1.165) is 29.8 Å². The normalized spacial score (nSPS) is 15.3. The molecule has 1 heterocycles. The number of fused-ring (bicyclic) bond motifs is 1. The maximum Gasteiger partial charge on any atom is 0.303 e. The first kappa shape index (κ1) is 14.6. The van der Waals surface area contributed by atoms with E-state index in [4.69, 9.17) is 5.11 Å². The molecule has 0 fully saturated rings. The van der Waals surface area contributed by atoms with E-state index in [1.807, 2.05) is 26.0 Å². The van der Waals surface area contributed by atoms with E-state index in [0.29, 0.717) is 0 Å². The summed E-state index contributed by atoms with van der Waals surface area (Å²) in [5, 5.41) is 9.05. The third kappa shape index (κ3) is 2.84. The highest BCUT2D eigenvalue weighted by Gasteiger charge is 2.25. The van der Waals surface area contributed by atoms with Crippen molar-refractivity contribution < 1.29 is 14.7 Å². The number of amides is 1. The lowest BCUT2D eigenvalue weighted by atomic mass is 9.85. The molecule has 1 aliphatic rings. The van der Waals surface area contributed by atoms with Crippen LogP contribution in [0.15, 0.2) is 18.2 Å². The molecule has 0 saturated heterocycles. The van der Waals surface area contributed by atoms with E-state index < -0.39 is 5.97 Å². The van der Waals surface area contributed by atoms with E-state index in [9.17, 15) is 9.59 Å². The molecule has 0 bridgehead atoms. The number of aliphatic carboxylic acids is 1. The third-order valence-electron chi connectivity index (χ3n) is 4.01. The van der Waals surface area contributed by atoms with Crippen molar-refractivity contribution in [1.82, 2.24) is 0 Å². The molecule has 108 valence electrons. The quantitative estimate of drug-likeness (QED) is 0.919. The van der Waals surface area contributed by atoms with Crippen molar-refractivity contribution in [2.75, 3.05) is 11.4 Å². The zero-order chi connectivity index (χ0) is 14.9. The molecule has 2 rings (SSSR count). The summed E-state index contributed by atoms with van der Waals surface area (Å²) in [6, 6.07) is 6.00. The maximum atomic E-state index is 11.5. The van der Waals surface area contributed by atoms with Gasteiger partial charge in [0.25, 0.3) is 0 Å². The van der Waals surface area contributed by atoms with Gasteiger partial charge in [-0.05, 0) is 35.4 Å². The molecular weight excluding hydrogens is 254 g/mol. The predicted molar refractivity (Wildman–Crippen MR) is 78.0 cm³/mol. The fraction of sp³-hybridized carbons (Fsp3) is 0.500. The van der Waals surface area contributed by atoms with Crippen LogP contribution in [0.25, 0.3) is 0 Å². The number of nitrogens with zero attached hydrogens (tertiary/aromatic N) is 1. The number of hydrogen-bond donors (Lipinski definition) is 1. The molecule has 1 amide bonds. The monoisotopic (exact) mass is 275 g/mol. The van der Waals surface area contributed by atoms with Crippen molar-refractivity contribution in [2.24, 2.45) is 5.92 Å². The summed E-state index contributed by atoms with van der Waals surface area (Å²) in [6.45, 7) is 6.38. The molecule has 1 aliphatic heterocycles. The lowest BCUT2D eigenvalue weighted by molar-refractivity contribution is -0.137. The maximum absolute atomic E-state index is 11.5. The summed E-state index contributed by atoms with van der Waals surface area (Å²) >= 11 is 0. The molecule has 1 unspecified atom stereocenters. The molecule has 1 aromatic carbocycles. The molecule has 0 radical (unpaired) electrons. The second-order valence-electron chi connectivity index (χ2n) is 5.76. The first-order chi connectivity index (χ1) is 9.40. The van der Waals surface area contributed by atoms with Crippen LogP contribution in [0.4, 0.5) is 5.69 Å². The van der Waals surface area contributed by atoms with Crippen LogP contribution in [0.5, 0.6) is 0 Å². The topological polar surface area (TPSA) is 57.6 Å². The molecule has 0 saturated carbocycles. The van der Waals surface area contributed by atoms with Crippen LogP contribution < -0.4 is 4.90 Å². The van der Waals surface area contributed by atoms with Gasteiger partial charge in [-0.2, -0.15) is 0 Å². The standard InChI is InChI=1S/C16H21NO3/c1-10(2)14(9-16(19)20)12-4-5-15-13(8-12)6-7-17(15)11(3)18/h4-5,8,10,14H,6-7,9H2,1-3H3,(H,19,20). The number of hydrogen-bond acceptors (Lipinski definition) is 2. The van der Waals surface area contributed by atoms with Crippen LogP contribution in [0.3, 0.4) is 0 Å². The first-order valence-electron chi connectivity index (χ1n) is 7.03. The lowest BCUT2D eigenvalue weighted by Crippen LogP contribution is -2.25. The number of carboxylic acids is 1. The Morgan fingerprint density at radius 2 is 2.05 bits per heavy atom. The number of anilines is 1. The lowest BCUT2D eigenvalue weighted by Gasteiger charge is -2.21. The minimum atomic E-state index is -0.769. The second kappa shape index (κ2) is 5.65. The zero-order valence-corrected chi connectivity index (χ0v) is 12.2. The number of carbonyl (C=O) groups is 2. The zero-order valence-electron chi connectivity index (χ0n) is 12.2. The Morgan fingerprint density at radius 3 is 2.60 bits per heavy atom. The van der Waals surface area contributed by atoms with Gasteiger partial charge >= 0.3 is 5.97 Å².